The molecule has 1 fully saturated rings. The van der Waals surface area contributed by atoms with Crippen molar-refractivity contribution < 1.29 is 18.0 Å². The Morgan fingerprint density at radius 1 is 0.907 bits per heavy atom. The summed E-state index contributed by atoms with van der Waals surface area (Å²) < 4.78 is 27.5. The van der Waals surface area contributed by atoms with Crippen LogP contribution in [0.15, 0.2) is 78.9 Å². The van der Waals surface area contributed by atoms with Crippen LogP contribution in [0.3, 0.4) is 0 Å². The standard InChI is InChI=1S/C34H42ClN3O4S/c1-25(2)30-19-10-11-20-31(30)38(43(3,41)42)24-33(39)37(23-27-15-12-16-28(35)21-27)32(22-26-13-6-4-7-14-26)34(40)36-29-17-8-5-9-18-29/h4,6-7,10-16,19-21,25,29,32H,5,8-9,17-18,22-24H2,1-3H3,(H,36,40)/t32-/m1/s1. The highest BCUT2D eigenvalue weighted by Crippen LogP contribution is 2.29. The fourth-order valence-electron chi connectivity index (χ4n) is 5.73. The van der Waals surface area contributed by atoms with Crippen molar-refractivity contribution in [2.45, 2.75) is 76.9 Å². The van der Waals surface area contributed by atoms with Crippen LogP contribution in [0.4, 0.5) is 5.69 Å². The number of rotatable bonds is 12. The summed E-state index contributed by atoms with van der Waals surface area (Å²) in [6.07, 6.45) is 6.46. The van der Waals surface area contributed by atoms with Crippen molar-refractivity contribution >= 4 is 39.1 Å². The Balaban J connectivity index is 1.75. The zero-order valence-corrected chi connectivity index (χ0v) is 26.8. The number of carbonyl (C=O) groups is 2. The highest BCUT2D eigenvalue weighted by molar-refractivity contribution is 7.92. The first-order valence-corrected chi connectivity index (χ1v) is 17.2. The van der Waals surface area contributed by atoms with Gasteiger partial charge in [0.1, 0.15) is 12.6 Å². The molecular formula is C34H42ClN3O4S. The Bertz CT molecular complexity index is 1490. The lowest BCUT2D eigenvalue weighted by atomic mass is 9.94. The van der Waals surface area contributed by atoms with Gasteiger partial charge in [-0.3, -0.25) is 13.9 Å². The predicted octanol–water partition coefficient (Wildman–Crippen LogP) is 6.32. The van der Waals surface area contributed by atoms with Crippen LogP contribution in [-0.2, 0) is 32.6 Å². The smallest absolute Gasteiger partial charge is 0.244 e. The lowest BCUT2D eigenvalue weighted by Crippen LogP contribution is -2.55. The number of hydrogen-bond acceptors (Lipinski definition) is 4. The monoisotopic (exact) mass is 623 g/mol. The summed E-state index contributed by atoms with van der Waals surface area (Å²) in [4.78, 5) is 30.0. The first-order chi connectivity index (χ1) is 20.5. The Morgan fingerprint density at radius 2 is 1.56 bits per heavy atom. The van der Waals surface area contributed by atoms with Gasteiger partial charge in [0.05, 0.1) is 11.9 Å². The maximum absolute atomic E-state index is 14.4. The van der Waals surface area contributed by atoms with Crippen molar-refractivity contribution in [2.24, 2.45) is 0 Å². The minimum Gasteiger partial charge on any atom is -0.352 e. The number of nitrogens with one attached hydrogen (secondary N) is 1. The van der Waals surface area contributed by atoms with Gasteiger partial charge in [0.25, 0.3) is 0 Å². The van der Waals surface area contributed by atoms with Gasteiger partial charge in [0.15, 0.2) is 0 Å². The molecule has 1 aliphatic carbocycles. The second-order valence-corrected chi connectivity index (χ2v) is 14.0. The van der Waals surface area contributed by atoms with Crippen molar-refractivity contribution in [1.82, 2.24) is 10.2 Å². The molecule has 9 heteroatoms. The number of amides is 2. The van der Waals surface area contributed by atoms with E-state index in [4.69, 9.17) is 11.6 Å². The SMILES string of the molecule is CC(C)c1ccccc1N(CC(=O)N(Cc1cccc(Cl)c1)[C@H](Cc1ccccc1)C(=O)NC1CCCCC1)S(C)(=O)=O. The predicted molar refractivity (Wildman–Crippen MR) is 174 cm³/mol. The summed E-state index contributed by atoms with van der Waals surface area (Å²) in [6, 6.07) is 23.2. The zero-order chi connectivity index (χ0) is 31.0. The van der Waals surface area contributed by atoms with Crippen LogP contribution in [0, 0.1) is 0 Å². The molecule has 1 saturated carbocycles. The number of halogens is 1. The third-order valence-electron chi connectivity index (χ3n) is 7.97. The minimum absolute atomic E-state index is 0.0326. The molecule has 3 aromatic carbocycles. The lowest BCUT2D eigenvalue weighted by molar-refractivity contribution is -0.140. The van der Waals surface area contributed by atoms with Crippen molar-refractivity contribution in [2.75, 3.05) is 17.1 Å². The number of benzene rings is 3. The minimum atomic E-state index is -3.85. The van der Waals surface area contributed by atoms with E-state index in [0.717, 1.165) is 59.4 Å². The lowest BCUT2D eigenvalue weighted by Gasteiger charge is -2.35. The molecule has 2 amide bonds. The van der Waals surface area contributed by atoms with E-state index in [-0.39, 0.29) is 30.8 Å². The quantitative estimate of drug-likeness (QED) is 0.256. The second kappa shape index (κ2) is 14.9. The van der Waals surface area contributed by atoms with Crippen LogP contribution in [0.2, 0.25) is 5.02 Å². The molecule has 0 radical (unpaired) electrons. The Morgan fingerprint density at radius 3 is 2.21 bits per heavy atom. The van der Waals surface area contributed by atoms with Crippen LogP contribution < -0.4 is 9.62 Å². The van der Waals surface area contributed by atoms with Gasteiger partial charge in [-0.2, -0.15) is 0 Å². The fraction of sp³-hybridized carbons (Fsp3) is 0.412. The molecule has 1 N–H and O–H groups in total. The Labute approximate surface area is 261 Å². The number of carbonyl (C=O) groups excluding carboxylic acids is 2. The normalized spacial score (nSPS) is 14.7. The summed E-state index contributed by atoms with van der Waals surface area (Å²) >= 11 is 6.31. The molecule has 0 unspecified atom stereocenters. The maximum atomic E-state index is 14.4. The molecule has 0 saturated heterocycles. The van der Waals surface area contributed by atoms with Crippen LogP contribution in [0.5, 0.6) is 0 Å². The zero-order valence-electron chi connectivity index (χ0n) is 25.2. The Hall–Kier alpha value is -3.36. The highest BCUT2D eigenvalue weighted by atomic mass is 35.5. The van der Waals surface area contributed by atoms with Gasteiger partial charge >= 0.3 is 0 Å². The van der Waals surface area contributed by atoms with E-state index < -0.39 is 28.5 Å². The average Bonchev–Trinajstić information content (AvgIpc) is 2.98. The van der Waals surface area contributed by atoms with E-state index >= 15 is 0 Å². The fourth-order valence-corrected chi connectivity index (χ4v) is 6.81. The summed E-state index contributed by atoms with van der Waals surface area (Å²) in [5.74, 6) is -0.673. The van der Waals surface area contributed by atoms with E-state index in [2.05, 4.69) is 5.32 Å². The highest BCUT2D eigenvalue weighted by Gasteiger charge is 2.34. The molecule has 43 heavy (non-hydrogen) atoms. The molecule has 4 rings (SSSR count). The van der Waals surface area contributed by atoms with Crippen LogP contribution in [0.25, 0.3) is 0 Å². The topological polar surface area (TPSA) is 86.8 Å². The molecule has 0 heterocycles. The summed E-state index contributed by atoms with van der Waals surface area (Å²) in [7, 11) is -3.85. The van der Waals surface area contributed by atoms with E-state index in [1.165, 1.54) is 4.90 Å². The molecule has 0 aromatic heterocycles. The van der Waals surface area contributed by atoms with Crippen molar-refractivity contribution in [1.29, 1.82) is 0 Å². The molecule has 1 atom stereocenters. The van der Waals surface area contributed by atoms with Gasteiger partial charge < -0.3 is 10.2 Å². The van der Waals surface area contributed by atoms with Crippen LogP contribution in [0.1, 0.15) is 68.6 Å². The Kier molecular flexibility index (Phi) is 11.3. The van der Waals surface area contributed by atoms with E-state index in [1.807, 2.05) is 62.4 Å². The molecule has 0 spiro atoms. The van der Waals surface area contributed by atoms with Crippen molar-refractivity contribution in [3.05, 3.63) is 101 Å². The van der Waals surface area contributed by atoms with Crippen molar-refractivity contribution in [3.63, 3.8) is 0 Å². The first kappa shape index (κ1) is 32.6. The number of anilines is 1. The summed E-state index contributed by atoms with van der Waals surface area (Å²) in [5.41, 5.74) is 2.93. The van der Waals surface area contributed by atoms with Gasteiger partial charge in [-0.25, -0.2) is 8.42 Å². The summed E-state index contributed by atoms with van der Waals surface area (Å²) in [5, 5.41) is 3.73. The van der Waals surface area contributed by atoms with E-state index in [9.17, 15) is 18.0 Å². The molecular weight excluding hydrogens is 582 g/mol. The molecule has 1 aliphatic rings. The van der Waals surface area contributed by atoms with Crippen LogP contribution >= 0.6 is 11.6 Å². The third-order valence-corrected chi connectivity index (χ3v) is 9.33. The number of para-hydroxylation sites is 1. The first-order valence-electron chi connectivity index (χ1n) is 15.0. The summed E-state index contributed by atoms with van der Waals surface area (Å²) in [6.45, 7) is 3.62. The van der Waals surface area contributed by atoms with Gasteiger partial charge in [-0.05, 0) is 53.6 Å². The molecule has 3 aromatic rings. The largest absolute Gasteiger partial charge is 0.352 e. The second-order valence-electron chi connectivity index (χ2n) is 11.7. The third kappa shape index (κ3) is 9.07. The van der Waals surface area contributed by atoms with E-state index in [0.29, 0.717) is 10.7 Å². The molecule has 230 valence electrons. The molecule has 0 aliphatic heterocycles. The number of sulfonamides is 1. The van der Waals surface area contributed by atoms with E-state index in [1.54, 1.807) is 30.3 Å². The maximum Gasteiger partial charge on any atom is 0.244 e. The number of nitrogens with zero attached hydrogens (tertiary/aromatic N) is 2. The molecule has 7 nitrogen and oxygen atoms in total. The van der Waals surface area contributed by atoms with Crippen molar-refractivity contribution in [3.8, 4) is 0 Å². The molecule has 0 bridgehead atoms. The van der Waals surface area contributed by atoms with Gasteiger partial charge in [-0.1, -0.05) is 105 Å². The average molecular weight is 624 g/mol. The van der Waals surface area contributed by atoms with Crippen LogP contribution in [-0.4, -0.2) is 50.0 Å². The van der Waals surface area contributed by atoms with Gasteiger partial charge in [0, 0.05) is 24.0 Å². The van der Waals surface area contributed by atoms with Gasteiger partial charge in [-0.15, -0.1) is 0 Å². The van der Waals surface area contributed by atoms with Gasteiger partial charge in [0.2, 0.25) is 21.8 Å². The number of hydrogen-bond donors (Lipinski definition) is 1.